The summed E-state index contributed by atoms with van der Waals surface area (Å²) in [6.07, 6.45) is 6.40. The first-order valence-electron chi connectivity index (χ1n) is 8.76. The lowest BCUT2D eigenvalue weighted by Crippen LogP contribution is -2.51. The van der Waals surface area contributed by atoms with Crippen molar-refractivity contribution in [2.75, 3.05) is 24.7 Å². The number of halogens is 1. The number of nitrogens with zero attached hydrogens (tertiary/aromatic N) is 2. The van der Waals surface area contributed by atoms with Crippen molar-refractivity contribution < 1.29 is 17.9 Å². The molecule has 8 heteroatoms. The van der Waals surface area contributed by atoms with Crippen LogP contribution in [-0.4, -0.2) is 51.7 Å². The van der Waals surface area contributed by atoms with Crippen LogP contribution in [0.5, 0.6) is 5.75 Å². The van der Waals surface area contributed by atoms with Crippen LogP contribution >= 0.6 is 11.6 Å². The number of sulfonamides is 1. The van der Waals surface area contributed by atoms with Crippen LogP contribution < -0.4 is 9.04 Å². The molecule has 1 fully saturated rings. The molecule has 2 rings (SSSR count). The molecule has 6 nitrogen and oxygen atoms in total. The molecule has 0 spiro atoms. The molecule has 1 amide bonds. The SMILES string of the molecule is COc1ccc(N(C(C)C(=O)N(C)C2CCCCC2)S(C)(=O)=O)cc1Cl. The maximum absolute atomic E-state index is 13.0. The summed E-state index contributed by atoms with van der Waals surface area (Å²) >= 11 is 6.15. The maximum Gasteiger partial charge on any atom is 0.246 e. The number of ether oxygens (including phenoxy) is 1. The first kappa shape index (κ1) is 20.8. The molecule has 0 N–H and O–H groups in total. The zero-order valence-electron chi connectivity index (χ0n) is 15.7. The Morgan fingerprint density at radius 1 is 1.27 bits per heavy atom. The number of likely N-dealkylation sites (N-methyl/N-ethyl adjacent to an activating group) is 1. The number of rotatable bonds is 6. The standard InChI is InChI=1S/C18H27ClN2O4S/c1-13(18(22)20(2)14-8-6-5-7-9-14)21(26(4,23)24)15-10-11-17(25-3)16(19)12-15/h10-14H,5-9H2,1-4H3. The third-order valence-electron chi connectivity index (χ3n) is 4.93. The average molecular weight is 403 g/mol. The molecule has 26 heavy (non-hydrogen) atoms. The van der Waals surface area contributed by atoms with Gasteiger partial charge in [0, 0.05) is 13.1 Å². The second-order valence-electron chi connectivity index (χ2n) is 6.79. The normalized spacial score (nSPS) is 16.8. The van der Waals surface area contributed by atoms with E-state index in [0.717, 1.165) is 36.2 Å². The van der Waals surface area contributed by atoms with Gasteiger partial charge in [0.2, 0.25) is 15.9 Å². The Morgan fingerprint density at radius 3 is 2.38 bits per heavy atom. The Hall–Kier alpha value is -1.47. The van der Waals surface area contributed by atoms with Crippen molar-refractivity contribution >= 4 is 33.2 Å². The van der Waals surface area contributed by atoms with Crippen molar-refractivity contribution in [2.24, 2.45) is 0 Å². The summed E-state index contributed by atoms with van der Waals surface area (Å²) in [6.45, 7) is 1.61. The smallest absolute Gasteiger partial charge is 0.246 e. The van der Waals surface area contributed by atoms with E-state index in [1.165, 1.54) is 19.6 Å². The summed E-state index contributed by atoms with van der Waals surface area (Å²) in [5.74, 6) is 0.233. The first-order chi connectivity index (χ1) is 12.2. The van der Waals surface area contributed by atoms with Crippen LogP contribution in [0, 0.1) is 0 Å². The Labute approximate surface area is 161 Å². The number of carbonyl (C=O) groups is 1. The molecule has 1 aromatic rings. The monoisotopic (exact) mass is 402 g/mol. The molecule has 1 saturated carbocycles. The number of methoxy groups -OCH3 is 1. The van der Waals surface area contributed by atoms with Crippen LogP contribution in [0.1, 0.15) is 39.0 Å². The molecule has 0 aromatic heterocycles. The van der Waals surface area contributed by atoms with E-state index in [0.29, 0.717) is 16.5 Å². The van der Waals surface area contributed by atoms with E-state index in [4.69, 9.17) is 16.3 Å². The molecule has 0 radical (unpaired) electrons. The quantitative estimate of drug-likeness (QED) is 0.732. The molecule has 0 heterocycles. The summed E-state index contributed by atoms with van der Waals surface area (Å²) in [5.41, 5.74) is 0.344. The molecule has 1 atom stereocenters. The van der Waals surface area contributed by atoms with Crippen molar-refractivity contribution in [3.63, 3.8) is 0 Å². The van der Waals surface area contributed by atoms with Gasteiger partial charge in [-0.15, -0.1) is 0 Å². The van der Waals surface area contributed by atoms with Gasteiger partial charge in [0.05, 0.1) is 24.1 Å². The van der Waals surface area contributed by atoms with Gasteiger partial charge in [-0.3, -0.25) is 9.10 Å². The summed E-state index contributed by atoms with van der Waals surface area (Å²) in [5, 5.41) is 0.291. The van der Waals surface area contributed by atoms with E-state index in [1.807, 2.05) is 0 Å². The van der Waals surface area contributed by atoms with Crippen molar-refractivity contribution in [3.8, 4) is 5.75 Å². The molecule has 1 unspecified atom stereocenters. The van der Waals surface area contributed by atoms with Gasteiger partial charge in [0.1, 0.15) is 11.8 Å². The highest BCUT2D eigenvalue weighted by Gasteiger charge is 2.33. The van der Waals surface area contributed by atoms with Gasteiger partial charge in [-0.05, 0) is 38.0 Å². The third-order valence-corrected chi connectivity index (χ3v) is 6.46. The number of benzene rings is 1. The number of carbonyl (C=O) groups excluding carboxylic acids is 1. The molecule has 1 aromatic carbocycles. The topological polar surface area (TPSA) is 66.9 Å². The van der Waals surface area contributed by atoms with Crippen LogP contribution in [0.4, 0.5) is 5.69 Å². The minimum atomic E-state index is -3.68. The van der Waals surface area contributed by atoms with E-state index in [2.05, 4.69) is 0 Å². The minimum absolute atomic E-state index is 0.166. The van der Waals surface area contributed by atoms with Crippen molar-refractivity contribution in [1.82, 2.24) is 4.90 Å². The summed E-state index contributed by atoms with van der Waals surface area (Å²) in [4.78, 5) is 14.7. The van der Waals surface area contributed by atoms with Crippen LogP contribution in [0.3, 0.4) is 0 Å². The highest BCUT2D eigenvalue weighted by atomic mass is 35.5. The van der Waals surface area contributed by atoms with Gasteiger partial charge in [-0.2, -0.15) is 0 Å². The fraction of sp³-hybridized carbons (Fsp3) is 0.611. The first-order valence-corrected chi connectivity index (χ1v) is 11.0. The van der Waals surface area contributed by atoms with Crippen LogP contribution in [0.2, 0.25) is 5.02 Å². The molecule has 146 valence electrons. The van der Waals surface area contributed by atoms with E-state index >= 15 is 0 Å². The van der Waals surface area contributed by atoms with Gasteiger partial charge < -0.3 is 9.64 Å². The van der Waals surface area contributed by atoms with Crippen molar-refractivity contribution in [3.05, 3.63) is 23.2 Å². The Morgan fingerprint density at radius 2 is 1.88 bits per heavy atom. The second-order valence-corrected chi connectivity index (χ2v) is 9.06. The van der Waals surface area contributed by atoms with Crippen molar-refractivity contribution in [1.29, 1.82) is 0 Å². The van der Waals surface area contributed by atoms with Gasteiger partial charge >= 0.3 is 0 Å². The fourth-order valence-electron chi connectivity index (χ4n) is 3.54. The van der Waals surface area contributed by atoms with Crippen LogP contribution in [0.15, 0.2) is 18.2 Å². The maximum atomic E-state index is 13.0. The molecule has 0 bridgehead atoms. The van der Waals surface area contributed by atoms with Gasteiger partial charge in [0.25, 0.3) is 0 Å². The third kappa shape index (κ3) is 4.62. The lowest BCUT2D eigenvalue weighted by molar-refractivity contribution is -0.133. The van der Waals surface area contributed by atoms with E-state index in [9.17, 15) is 13.2 Å². The molecular weight excluding hydrogens is 376 g/mol. The minimum Gasteiger partial charge on any atom is -0.495 e. The molecule has 0 aliphatic heterocycles. The lowest BCUT2D eigenvalue weighted by atomic mass is 9.94. The Kier molecular flexibility index (Phi) is 6.80. The largest absolute Gasteiger partial charge is 0.495 e. The highest BCUT2D eigenvalue weighted by molar-refractivity contribution is 7.92. The number of hydrogen-bond acceptors (Lipinski definition) is 4. The fourth-order valence-corrected chi connectivity index (χ4v) is 4.95. The van der Waals surface area contributed by atoms with Gasteiger partial charge in [0.15, 0.2) is 0 Å². The van der Waals surface area contributed by atoms with Gasteiger partial charge in [-0.1, -0.05) is 30.9 Å². The zero-order chi connectivity index (χ0) is 19.5. The summed E-state index contributed by atoms with van der Waals surface area (Å²) in [7, 11) is -0.430. The second kappa shape index (κ2) is 8.48. The number of anilines is 1. The van der Waals surface area contributed by atoms with E-state index < -0.39 is 16.1 Å². The molecule has 1 aliphatic rings. The van der Waals surface area contributed by atoms with E-state index in [1.54, 1.807) is 31.0 Å². The predicted molar refractivity (Wildman–Crippen MR) is 104 cm³/mol. The highest BCUT2D eigenvalue weighted by Crippen LogP contribution is 2.32. The van der Waals surface area contributed by atoms with Crippen LogP contribution in [-0.2, 0) is 14.8 Å². The molecule has 0 saturated heterocycles. The Balaban J connectivity index is 2.31. The summed E-state index contributed by atoms with van der Waals surface area (Å²) in [6, 6.07) is 4.00. The van der Waals surface area contributed by atoms with Crippen LogP contribution in [0.25, 0.3) is 0 Å². The molecular formula is C18H27ClN2O4S. The number of amides is 1. The summed E-state index contributed by atoms with van der Waals surface area (Å²) < 4.78 is 31.1. The van der Waals surface area contributed by atoms with Crippen molar-refractivity contribution in [2.45, 2.75) is 51.1 Å². The zero-order valence-corrected chi connectivity index (χ0v) is 17.3. The Bertz CT molecular complexity index is 748. The van der Waals surface area contributed by atoms with Gasteiger partial charge in [-0.25, -0.2) is 8.42 Å². The average Bonchev–Trinajstić information content (AvgIpc) is 2.60. The molecule has 1 aliphatic carbocycles. The predicted octanol–water partition coefficient (Wildman–Crippen LogP) is 3.29. The van der Waals surface area contributed by atoms with E-state index in [-0.39, 0.29) is 11.9 Å². The number of hydrogen-bond donors (Lipinski definition) is 0. The lowest BCUT2D eigenvalue weighted by Gasteiger charge is -2.36.